The molecule has 0 aliphatic heterocycles. The highest BCUT2D eigenvalue weighted by Crippen LogP contribution is 2.27. The van der Waals surface area contributed by atoms with Crippen LogP contribution in [0.2, 0.25) is 0 Å². The van der Waals surface area contributed by atoms with Gasteiger partial charge in [-0.05, 0) is 31.4 Å². The minimum Gasteiger partial charge on any atom is -0.384 e. The zero-order chi connectivity index (χ0) is 15.2. The van der Waals surface area contributed by atoms with Gasteiger partial charge in [-0.2, -0.15) is 0 Å². The summed E-state index contributed by atoms with van der Waals surface area (Å²) in [5.41, 5.74) is 12.2. The molecule has 0 aromatic carbocycles. The molecule has 3 rings (SSSR count). The van der Waals surface area contributed by atoms with E-state index in [2.05, 4.69) is 15.0 Å². The lowest BCUT2D eigenvalue weighted by molar-refractivity contribution is -0.119. The molecule has 21 heavy (non-hydrogen) atoms. The Bertz CT molecular complexity index is 621. The Labute approximate surface area is 126 Å². The number of pyridine rings is 1. The molecule has 0 unspecified atom stereocenters. The highest BCUT2D eigenvalue weighted by atomic mass is 16.1. The van der Waals surface area contributed by atoms with Crippen LogP contribution in [0.4, 0.5) is 5.82 Å². The molecule has 1 aliphatic rings. The highest BCUT2D eigenvalue weighted by Gasteiger charge is 2.26. The number of amides is 1. The number of carbonyl (C=O) groups excluding carboxylic acids is 1. The zero-order valence-corrected chi connectivity index (χ0v) is 12.0. The quantitative estimate of drug-likeness (QED) is 0.899. The number of nitrogens with two attached hydrogens (primary N) is 2. The predicted octanol–water partition coefficient (Wildman–Crippen LogP) is 2.06. The van der Waals surface area contributed by atoms with E-state index in [9.17, 15) is 4.79 Å². The van der Waals surface area contributed by atoms with Crippen molar-refractivity contribution in [3.8, 4) is 11.5 Å². The van der Waals surface area contributed by atoms with E-state index >= 15 is 0 Å². The molecule has 0 spiro atoms. The molecule has 1 amide bonds. The molecule has 0 atom stereocenters. The van der Waals surface area contributed by atoms with Crippen LogP contribution in [-0.4, -0.2) is 20.9 Å². The minimum atomic E-state index is -0.130. The summed E-state index contributed by atoms with van der Waals surface area (Å²) in [7, 11) is 0. The van der Waals surface area contributed by atoms with Gasteiger partial charge < -0.3 is 11.5 Å². The maximum Gasteiger partial charge on any atom is 0.220 e. The molecule has 4 N–H and O–H groups in total. The number of nitrogen functional groups attached to an aromatic ring is 1. The van der Waals surface area contributed by atoms with E-state index in [1.54, 1.807) is 12.3 Å². The number of aromatic nitrogens is 3. The molecule has 0 bridgehead atoms. The lowest BCUT2D eigenvalue weighted by Gasteiger charge is -2.03. The summed E-state index contributed by atoms with van der Waals surface area (Å²) < 4.78 is 0. The maximum atomic E-state index is 9.98. The van der Waals surface area contributed by atoms with Crippen LogP contribution in [0, 0.1) is 5.92 Å². The third-order valence-electron chi connectivity index (χ3n) is 3.03. The second kappa shape index (κ2) is 6.78. The van der Waals surface area contributed by atoms with Gasteiger partial charge in [-0.15, -0.1) is 0 Å². The SMILES string of the molecule is CCc1cc(N)nc(-c2ccccn2)n1.NC(=O)C1CC1.[HH].[HH]. The van der Waals surface area contributed by atoms with Crippen LogP contribution in [-0.2, 0) is 11.2 Å². The fourth-order valence-corrected chi connectivity index (χ4v) is 1.68. The molecule has 2 heterocycles. The maximum absolute atomic E-state index is 9.98. The van der Waals surface area contributed by atoms with Gasteiger partial charge in [-0.1, -0.05) is 13.0 Å². The second-order valence-corrected chi connectivity index (χ2v) is 4.85. The van der Waals surface area contributed by atoms with E-state index in [4.69, 9.17) is 11.5 Å². The second-order valence-electron chi connectivity index (χ2n) is 4.85. The summed E-state index contributed by atoms with van der Waals surface area (Å²) in [4.78, 5) is 22.7. The average molecular weight is 289 g/mol. The van der Waals surface area contributed by atoms with E-state index in [0.717, 1.165) is 30.7 Å². The molecule has 6 nitrogen and oxygen atoms in total. The van der Waals surface area contributed by atoms with Crippen molar-refractivity contribution >= 4 is 11.7 Å². The van der Waals surface area contributed by atoms with Gasteiger partial charge in [0.05, 0.1) is 0 Å². The summed E-state index contributed by atoms with van der Waals surface area (Å²) >= 11 is 0. The molecule has 6 heteroatoms. The molecule has 1 fully saturated rings. The monoisotopic (exact) mass is 289 g/mol. The van der Waals surface area contributed by atoms with Crippen molar-refractivity contribution in [2.24, 2.45) is 11.7 Å². The molecule has 2 aromatic rings. The molecule has 0 radical (unpaired) electrons. The van der Waals surface area contributed by atoms with E-state index < -0.39 is 0 Å². The van der Waals surface area contributed by atoms with Gasteiger partial charge in [0.2, 0.25) is 5.91 Å². The van der Waals surface area contributed by atoms with Crippen molar-refractivity contribution < 1.29 is 7.65 Å². The van der Waals surface area contributed by atoms with Crippen molar-refractivity contribution in [3.63, 3.8) is 0 Å². The number of primary amides is 1. The number of carbonyl (C=O) groups is 1. The first-order chi connectivity index (χ1) is 10.1. The summed E-state index contributed by atoms with van der Waals surface area (Å²) in [6, 6.07) is 7.41. The van der Waals surface area contributed by atoms with Crippen molar-refractivity contribution in [2.45, 2.75) is 26.2 Å². The molecule has 1 saturated carbocycles. The standard InChI is InChI=1S/C11H12N4.C4H7NO.2H2/c1-2-8-7-10(12)15-11(14-8)9-5-3-4-6-13-9;5-4(6)3-1-2-3;;/h3-7H,2H2,1H3,(H2,12,14,15);3H,1-2H2,(H2,5,6);2*1H. The van der Waals surface area contributed by atoms with Crippen LogP contribution in [0.15, 0.2) is 30.5 Å². The molecule has 2 aromatic heterocycles. The molecule has 1 aliphatic carbocycles. The van der Waals surface area contributed by atoms with Gasteiger partial charge in [-0.25, -0.2) is 9.97 Å². The van der Waals surface area contributed by atoms with Crippen molar-refractivity contribution in [2.75, 3.05) is 5.73 Å². The van der Waals surface area contributed by atoms with Crippen molar-refractivity contribution in [1.82, 2.24) is 15.0 Å². The van der Waals surface area contributed by atoms with E-state index in [0.29, 0.717) is 11.6 Å². The van der Waals surface area contributed by atoms with Crippen molar-refractivity contribution in [1.29, 1.82) is 0 Å². The topological polar surface area (TPSA) is 108 Å². The minimum absolute atomic E-state index is 0. The van der Waals surface area contributed by atoms with Gasteiger partial charge in [0, 0.05) is 26.7 Å². The first-order valence-electron chi connectivity index (χ1n) is 6.94. The van der Waals surface area contributed by atoms with E-state index in [1.165, 1.54) is 0 Å². The number of rotatable bonds is 3. The molecule has 114 valence electrons. The third-order valence-corrected chi connectivity index (χ3v) is 3.03. The Hall–Kier alpha value is -2.50. The van der Waals surface area contributed by atoms with Crippen molar-refractivity contribution in [3.05, 3.63) is 36.2 Å². The molecular weight excluding hydrogens is 266 g/mol. The molecular formula is C15H23N5O. The lowest BCUT2D eigenvalue weighted by Crippen LogP contribution is -2.11. The third kappa shape index (κ3) is 4.52. The Morgan fingerprint density at radius 3 is 2.62 bits per heavy atom. The van der Waals surface area contributed by atoms with Crippen LogP contribution < -0.4 is 11.5 Å². The van der Waals surface area contributed by atoms with Gasteiger partial charge in [0.15, 0.2) is 5.82 Å². The van der Waals surface area contributed by atoms with Gasteiger partial charge >= 0.3 is 0 Å². The Balaban J connectivity index is 0.000000518. The molecule has 0 saturated heterocycles. The highest BCUT2D eigenvalue weighted by molar-refractivity contribution is 5.78. The van der Waals surface area contributed by atoms with Crippen LogP contribution in [0.25, 0.3) is 11.5 Å². The summed E-state index contributed by atoms with van der Waals surface area (Å²) in [5, 5.41) is 0. The number of nitrogens with zero attached hydrogens (tertiary/aromatic N) is 3. The summed E-state index contributed by atoms with van der Waals surface area (Å²) in [6.45, 7) is 2.03. The lowest BCUT2D eigenvalue weighted by atomic mass is 10.3. The van der Waals surface area contributed by atoms with Crippen LogP contribution in [0.1, 0.15) is 28.3 Å². The first-order valence-corrected chi connectivity index (χ1v) is 6.94. The Morgan fingerprint density at radius 1 is 1.38 bits per heavy atom. The van der Waals surface area contributed by atoms with Crippen LogP contribution >= 0.6 is 0 Å². The smallest absolute Gasteiger partial charge is 0.220 e. The van der Waals surface area contributed by atoms with Crippen LogP contribution in [0.5, 0.6) is 0 Å². The number of aryl methyl sites for hydroxylation is 1. The summed E-state index contributed by atoms with van der Waals surface area (Å²) in [5.74, 6) is 1.19. The fourth-order valence-electron chi connectivity index (χ4n) is 1.68. The van der Waals surface area contributed by atoms with E-state index in [-0.39, 0.29) is 14.7 Å². The Morgan fingerprint density at radius 2 is 2.14 bits per heavy atom. The fraction of sp³-hybridized carbons (Fsp3) is 0.333. The largest absolute Gasteiger partial charge is 0.384 e. The van der Waals surface area contributed by atoms with Crippen LogP contribution in [0.3, 0.4) is 0 Å². The number of hydrogen-bond donors (Lipinski definition) is 2. The number of anilines is 1. The Kier molecular flexibility index (Phi) is 4.81. The zero-order valence-electron chi connectivity index (χ0n) is 12.0. The number of hydrogen-bond acceptors (Lipinski definition) is 5. The first kappa shape index (κ1) is 14.9. The van der Waals surface area contributed by atoms with Gasteiger partial charge in [0.1, 0.15) is 11.5 Å². The van der Waals surface area contributed by atoms with Gasteiger partial charge in [0.25, 0.3) is 0 Å². The predicted molar refractivity (Wildman–Crippen MR) is 85.2 cm³/mol. The summed E-state index contributed by atoms with van der Waals surface area (Å²) in [6.07, 6.45) is 4.60. The van der Waals surface area contributed by atoms with E-state index in [1.807, 2.05) is 25.1 Å². The average Bonchev–Trinajstić information content (AvgIpc) is 3.33. The van der Waals surface area contributed by atoms with Gasteiger partial charge in [-0.3, -0.25) is 9.78 Å². The normalized spacial score (nSPS) is 13.2.